The molecule has 19 heavy (non-hydrogen) atoms. The zero-order valence-corrected chi connectivity index (χ0v) is 9.92. The molecule has 0 saturated heterocycles. The average molecular weight is 270 g/mol. The smallest absolute Gasteiger partial charge is 0.397 e. The van der Waals surface area contributed by atoms with Crippen molar-refractivity contribution in [2.45, 2.75) is 13.1 Å². The van der Waals surface area contributed by atoms with Crippen LogP contribution >= 0.6 is 0 Å². The van der Waals surface area contributed by atoms with Gasteiger partial charge in [-0.25, -0.2) is 4.39 Å². The summed E-state index contributed by atoms with van der Waals surface area (Å²) in [6, 6.07) is 3.13. The number of alkyl halides is 3. The van der Waals surface area contributed by atoms with Gasteiger partial charge in [0, 0.05) is 17.3 Å². The molecule has 100 valence electrons. The van der Waals surface area contributed by atoms with Crippen molar-refractivity contribution in [3.8, 4) is 11.1 Å². The highest BCUT2D eigenvalue weighted by molar-refractivity contribution is 5.72. The van der Waals surface area contributed by atoms with Crippen LogP contribution in [0.25, 0.3) is 11.1 Å². The van der Waals surface area contributed by atoms with Gasteiger partial charge in [-0.1, -0.05) is 12.1 Å². The van der Waals surface area contributed by atoms with E-state index in [4.69, 9.17) is 5.73 Å². The fraction of sp³-hybridized carbons (Fsp3) is 0.154. The van der Waals surface area contributed by atoms with E-state index in [0.29, 0.717) is 17.3 Å². The molecule has 0 bridgehead atoms. The lowest BCUT2D eigenvalue weighted by Crippen LogP contribution is -2.09. The number of benzene rings is 1. The molecule has 0 spiro atoms. The second-order valence-electron chi connectivity index (χ2n) is 4.07. The van der Waals surface area contributed by atoms with Crippen LogP contribution in [0.4, 0.5) is 23.2 Å². The van der Waals surface area contributed by atoms with Crippen LogP contribution in [0.1, 0.15) is 11.1 Å². The Balaban J connectivity index is 2.68. The number of nitrogen functional groups attached to an aromatic ring is 1. The fourth-order valence-corrected chi connectivity index (χ4v) is 1.77. The summed E-state index contributed by atoms with van der Waals surface area (Å²) < 4.78 is 51.9. The molecule has 2 rings (SSSR count). The Morgan fingerprint density at radius 2 is 1.79 bits per heavy atom. The molecule has 2 aromatic rings. The summed E-state index contributed by atoms with van der Waals surface area (Å²) in [4.78, 5) is 3.78. The third-order valence-corrected chi connectivity index (χ3v) is 2.85. The van der Waals surface area contributed by atoms with Gasteiger partial charge in [-0.2, -0.15) is 13.2 Å². The lowest BCUT2D eigenvalue weighted by Gasteiger charge is -2.13. The van der Waals surface area contributed by atoms with Gasteiger partial charge in [0.2, 0.25) is 0 Å². The molecule has 1 aromatic heterocycles. The van der Waals surface area contributed by atoms with E-state index >= 15 is 0 Å². The maximum Gasteiger partial charge on any atom is 0.419 e. The molecule has 2 nitrogen and oxygen atoms in total. The van der Waals surface area contributed by atoms with Crippen molar-refractivity contribution < 1.29 is 17.6 Å². The van der Waals surface area contributed by atoms with Gasteiger partial charge in [0.05, 0.1) is 17.4 Å². The van der Waals surface area contributed by atoms with Crippen LogP contribution in [-0.4, -0.2) is 4.98 Å². The van der Waals surface area contributed by atoms with E-state index in [0.717, 1.165) is 6.07 Å². The Hall–Kier alpha value is -2.11. The molecule has 0 aliphatic heterocycles. The molecule has 6 heteroatoms. The third kappa shape index (κ3) is 2.38. The average Bonchev–Trinajstić information content (AvgIpc) is 2.32. The second-order valence-corrected chi connectivity index (χ2v) is 4.07. The monoisotopic (exact) mass is 270 g/mol. The van der Waals surface area contributed by atoms with Crippen molar-refractivity contribution in [3.63, 3.8) is 0 Å². The third-order valence-electron chi connectivity index (χ3n) is 2.85. The highest BCUT2D eigenvalue weighted by atomic mass is 19.4. The molecule has 0 saturated carbocycles. The number of pyridine rings is 1. The van der Waals surface area contributed by atoms with Crippen LogP contribution in [0, 0.1) is 12.7 Å². The topological polar surface area (TPSA) is 38.9 Å². The molecule has 0 unspecified atom stereocenters. The van der Waals surface area contributed by atoms with Crippen LogP contribution in [-0.2, 0) is 6.18 Å². The molecule has 1 aromatic carbocycles. The minimum Gasteiger partial charge on any atom is -0.397 e. The first-order valence-electron chi connectivity index (χ1n) is 5.38. The van der Waals surface area contributed by atoms with Crippen LogP contribution in [0.15, 0.2) is 30.6 Å². The molecule has 0 radical (unpaired) electrons. The van der Waals surface area contributed by atoms with Gasteiger partial charge in [0.25, 0.3) is 0 Å². The summed E-state index contributed by atoms with van der Waals surface area (Å²) in [5, 5.41) is 0. The number of hydrogen-bond acceptors (Lipinski definition) is 2. The number of nitrogens with two attached hydrogens (primary N) is 1. The Morgan fingerprint density at radius 3 is 2.42 bits per heavy atom. The summed E-state index contributed by atoms with van der Waals surface area (Å²) in [7, 11) is 0. The van der Waals surface area contributed by atoms with E-state index in [1.807, 2.05) is 0 Å². The van der Waals surface area contributed by atoms with Crippen LogP contribution in [0.5, 0.6) is 0 Å². The zero-order chi connectivity index (χ0) is 14.2. The van der Waals surface area contributed by atoms with Gasteiger partial charge < -0.3 is 5.73 Å². The lowest BCUT2D eigenvalue weighted by molar-refractivity contribution is -0.139. The first-order chi connectivity index (χ1) is 8.82. The van der Waals surface area contributed by atoms with Crippen molar-refractivity contribution in [1.29, 1.82) is 0 Å². The minimum atomic E-state index is -4.73. The van der Waals surface area contributed by atoms with Gasteiger partial charge in [-0.3, -0.25) is 4.98 Å². The summed E-state index contributed by atoms with van der Waals surface area (Å²) in [6.45, 7) is 1.60. The quantitative estimate of drug-likeness (QED) is 0.800. The van der Waals surface area contributed by atoms with Crippen molar-refractivity contribution in [1.82, 2.24) is 4.98 Å². The number of rotatable bonds is 1. The summed E-state index contributed by atoms with van der Waals surface area (Å²) in [5.41, 5.74) is 5.21. The predicted molar refractivity (Wildman–Crippen MR) is 63.8 cm³/mol. The lowest BCUT2D eigenvalue weighted by atomic mass is 9.99. The number of nitrogens with zero attached hydrogens (tertiary/aromatic N) is 1. The van der Waals surface area contributed by atoms with E-state index in [1.165, 1.54) is 18.5 Å². The maximum atomic E-state index is 14.0. The van der Waals surface area contributed by atoms with Gasteiger partial charge in [-0.05, 0) is 18.6 Å². The van der Waals surface area contributed by atoms with E-state index in [-0.39, 0.29) is 11.1 Å². The van der Waals surface area contributed by atoms with E-state index < -0.39 is 17.6 Å². The minimum absolute atomic E-state index is 0.160. The molecule has 0 atom stereocenters. The summed E-state index contributed by atoms with van der Waals surface area (Å²) >= 11 is 0. The van der Waals surface area contributed by atoms with Crippen LogP contribution in [0.3, 0.4) is 0 Å². The molecular weight excluding hydrogens is 260 g/mol. The Morgan fingerprint density at radius 1 is 1.11 bits per heavy atom. The Bertz CT molecular complexity index is 621. The van der Waals surface area contributed by atoms with Crippen molar-refractivity contribution in [2.75, 3.05) is 5.73 Å². The predicted octanol–water partition coefficient (Wildman–Crippen LogP) is 3.80. The maximum absolute atomic E-state index is 14.0. The Labute approximate surface area is 106 Å². The van der Waals surface area contributed by atoms with E-state index in [1.54, 1.807) is 6.92 Å². The van der Waals surface area contributed by atoms with Gasteiger partial charge in [0.1, 0.15) is 5.82 Å². The zero-order valence-electron chi connectivity index (χ0n) is 9.92. The van der Waals surface area contributed by atoms with Crippen molar-refractivity contribution >= 4 is 5.69 Å². The molecule has 0 amide bonds. The van der Waals surface area contributed by atoms with Crippen molar-refractivity contribution in [2.24, 2.45) is 0 Å². The van der Waals surface area contributed by atoms with Gasteiger partial charge in [0.15, 0.2) is 0 Å². The first-order valence-corrected chi connectivity index (χ1v) is 5.38. The van der Waals surface area contributed by atoms with Gasteiger partial charge >= 0.3 is 6.18 Å². The number of hydrogen-bond donors (Lipinski definition) is 1. The molecule has 0 aliphatic carbocycles. The fourth-order valence-electron chi connectivity index (χ4n) is 1.77. The second kappa shape index (κ2) is 4.53. The molecular formula is C13H10F4N2. The van der Waals surface area contributed by atoms with Crippen LogP contribution in [0.2, 0.25) is 0 Å². The molecule has 0 fully saturated rings. The normalized spacial score (nSPS) is 11.6. The van der Waals surface area contributed by atoms with Crippen LogP contribution < -0.4 is 5.73 Å². The molecule has 1 heterocycles. The number of aromatic nitrogens is 1. The van der Waals surface area contributed by atoms with E-state index in [2.05, 4.69) is 4.98 Å². The van der Waals surface area contributed by atoms with Gasteiger partial charge in [-0.15, -0.1) is 0 Å². The molecule has 2 N–H and O–H groups in total. The Kier molecular flexibility index (Phi) is 3.18. The summed E-state index contributed by atoms with van der Waals surface area (Å²) in [6.07, 6.45) is -2.07. The SMILES string of the molecule is Cc1c(N)cncc1-c1cccc(C(F)(F)F)c1F. The highest BCUT2D eigenvalue weighted by Crippen LogP contribution is 2.36. The highest BCUT2D eigenvalue weighted by Gasteiger charge is 2.35. The largest absolute Gasteiger partial charge is 0.419 e. The number of halogens is 4. The summed E-state index contributed by atoms with van der Waals surface area (Å²) in [5.74, 6) is -1.31. The standard InChI is InChI=1S/C13H10F4N2/c1-7-9(5-19-6-11(7)18)8-3-2-4-10(12(8)14)13(15,16)17/h2-6H,18H2,1H3. The first kappa shape index (κ1) is 13.3. The number of anilines is 1. The molecule has 0 aliphatic rings. The van der Waals surface area contributed by atoms with E-state index in [9.17, 15) is 17.6 Å². The van der Waals surface area contributed by atoms with Crippen molar-refractivity contribution in [3.05, 3.63) is 47.5 Å².